The lowest BCUT2D eigenvalue weighted by molar-refractivity contribution is -0.0971. The summed E-state index contributed by atoms with van der Waals surface area (Å²) in [6, 6.07) is 5.77. The van der Waals surface area contributed by atoms with E-state index in [1.807, 2.05) is 0 Å². The van der Waals surface area contributed by atoms with Gasteiger partial charge in [-0.2, -0.15) is 4.39 Å². The van der Waals surface area contributed by atoms with E-state index in [-0.39, 0.29) is 5.56 Å². The lowest BCUT2D eigenvalue weighted by Crippen LogP contribution is -2.20. The van der Waals surface area contributed by atoms with Crippen LogP contribution in [0.15, 0.2) is 30.8 Å². The van der Waals surface area contributed by atoms with Crippen LogP contribution in [-0.4, -0.2) is 18.8 Å². The number of carbonyl (C=O) groups is 1. The van der Waals surface area contributed by atoms with Crippen molar-refractivity contribution in [3.8, 4) is 0 Å². The van der Waals surface area contributed by atoms with Gasteiger partial charge >= 0.3 is 18.8 Å². The molecular weight excluding hydrogens is 221 g/mol. The molecule has 0 spiro atoms. The van der Waals surface area contributed by atoms with Gasteiger partial charge in [-0.15, -0.1) is 0 Å². The van der Waals surface area contributed by atoms with Crippen LogP contribution in [0.25, 0.3) is 6.08 Å². The number of hydrogen-bond donors (Lipinski definition) is 0. The maximum atomic E-state index is 12.4. The molecule has 0 amide bonds. The van der Waals surface area contributed by atoms with Gasteiger partial charge in [-0.3, -0.25) is 0 Å². The van der Waals surface area contributed by atoms with Crippen molar-refractivity contribution in [2.75, 3.05) is 0 Å². The number of rotatable bonds is 4. The Morgan fingerprint density at radius 1 is 1.25 bits per heavy atom. The van der Waals surface area contributed by atoms with Crippen LogP contribution >= 0.6 is 0 Å². The molecule has 0 radical (unpaired) electrons. The summed E-state index contributed by atoms with van der Waals surface area (Å²) in [5, 5.41) is 0. The maximum Gasteiger partial charge on any atom is 0.340 e. The number of esters is 1. The molecule has 1 atom stereocenters. The molecule has 1 rings (SSSR count). The number of halogens is 3. The number of benzene rings is 1. The smallest absolute Gasteiger partial charge is 0.340 e. The summed E-state index contributed by atoms with van der Waals surface area (Å²) in [5.74, 6) is -1.12. The van der Waals surface area contributed by atoms with Crippen molar-refractivity contribution in [2.45, 2.75) is 12.8 Å². The van der Waals surface area contributed by atoms with E-state index in [1.54, 1.807) is 18.2 Å². The van der Waals surface area contributed by atoms with Crippen LogP contribution in [0, 0.1) is 0 Å². The Labute approximate surface area is 90.3 Å². The second-order valence-corrected chi connectivity index (χ2v) is 2.92. The third-order valence-electron chi connectivity index (χ3n) is 1.80. The van der Waals surface area contributed by atoms with E-state index in [9.17, 15) is 18.0 Å². The van der Waals surface area contributed by atoms with Gasteiger partial charge in [0.25, 0.3) is 0 Å². The number of ether oxygens (including phenoxy) is 1. The first kappa shape index (κ1) is 12.3. The summed E-state index contributed by atoms with van der Waals surface area (Å²) in [6.45, 7) is 3.50. The fraction of sp³-hybridized carbons (Fsp3) is 0.182. The van der Waals surface area contributed by atoms with Gasteiger partial charge in [0.2, 0.25) is 0 Å². The lowest BCUT2D eigenvalue weighted by atomic mass is 10.1. The minimum Gasteiger partial charge on any atom is -0.421 e. The second-order valence-electron chi connectivity index (χ2n) is 2.92. The van der Waals surface area contributed by atoms with E-state index in [0.717, 1.165) is 5.56 Å². The largest absolute Gasteiger partial charge is 0.421 e. The lowest BCUT2D eigenvalue weighted by Gasteiger charge is -2.08. The minimum absolute atomic E-state index is 0.00824. The number of alkyl halides is 3. The maximum absolute atomic E-state index is 12.4. The molecule has 0 bridgehead atoms. The van der Waals surface area contributed by atoms with Gasteiger partial charge in [0, 0.05) is 0 Å². The first-order valence-corrected chi connectivity index (χ1v) is 4.40. The molecule has 86 valence electrons. The van der Waals surface area contributed by atoms with Gasteiger partial charge in [0.1, 0.15) is 0 Å². The van der Waals surface area contributed by atoms with Gasteiger partial charge in [-0.05, 0) is 17.7 Å². The van der Waals surface area contributed by atoms with Gasteiger partial charge in [-0.1, -0.05) is 24.8 Å². The van der Waals surface area contributed by atoms with Crippen molar-refractivity contribution in [3.05, 3.63) is 42.0 Å². The van der Waals surface area contributed by atoms with E-state index in [0.29, 0.717) is 0 Å². The molecule has 0 aromatic heterocycles. The predicted molar refractivity (Wildman–Crippen MR) is 52.8 cm³/mol. The van der Waals surface area contributed by atoms with Crippen molar-refractivity contribution in [2.24, 2.45) is 0 Å². The molecule has 16 heavy (non-hydrogen) atoms. The third-order valence-corrected chi connectivity index (χ3v) is 1.80. The summed E-state index contributed by atoms with van der Waals surface area (Å²) in [7, 11) is 0. The molecule has 2 nitrogen and oxygen atoms in total. The molecule has 0 aliphatic rings. The Morgan fingerprint density at radius 3 is 2.25 bits per heavy atom. The van der Waals surface area contributed by atoms with E-state index < -0.39 is 18.8 Å². The van der Waals surface area contributed by atoms with E-state index in [4.69, 9.17) is 0 Å². The van der Waals surface area contributed by atoms with Crippen molar-refractivity contribution in [3.63, 3.8) is 0 Å². The van der Waals surface area contributed by atoms with Crippen molar-refractivity contribution in [1.82, 2.24) is 0 Å². The average molecular weight is 230 g/mol. The summed E-state index contributed by atoms with van der Waals surface area (Å²) < 4.78 is 39.8. The molecule has 5 heteroatoms. The van der Waals surface area contributed by atoms with Crippen LogP contribution in [0.4, 0.5) is 13.2 Å². The molecular formula is C11H9F3O2. The van der Waals surface area contributed by atoms with Crippen LogP contribution < -0.4 is 0 Å². The zero-order valence-corrected chi connectivity index (χ0v) is 8.20. The van der Waals surface area contributed by atoms with Crippen LogP contribution in [0.3, 0.4) is 0 Å². The number of carbonyl (C=O) groups excluding carboxylic acids is 1. The molecule has 1 unspecified atom stereocenters. The van der Waals surface area contributed by atoms with Gasteiger partial charge in [-0.25, -0.2) is 13.6 Å². The first-order chi connectivity index (χ1) is 7.54. The summed E-state index contributed by atoms with van der Waals surface area (Å²) >= 11 is 0. The fourth-order valence-electron chi connectivity index (χ4n) is 0.977. The normalized spacial score (nSPS) is 12.2. The quantitative estimate of drug-likeness (QED) is 0.743. The Kier molecular flexibility index (Phi) is 4.10. The van der Waals surface area contributed by atoms with E-state index in [1.165, 1.54) is 12.1 Å². The van der Waals surface area contributed by atoms with Crippen molar-refractivity contribution >= 4 is 12.0 Å². The van der Waals surface area contributed by atoms with Crippen LogP contribution in [0.2, 0.25) is 0 Å². The zero-order valence-electron chi connectivity index (χ0n) is 8.20. The summed E-state index contributed by atoms with van der Waals surface area (Å²) in [5.41, 5.74) is 0.760. The van der Waals surface area contributed by atoms with Crippen LogP contribution in [0.5, 0.6) is 0 Å². The van der Waals surface area contributed by atoms with Crippen LogP contribution in [0.1, 0.15) is 15.9 Å². The Hall–Kier alpha value is -1.78. The molecule has 0 fully saturated rings. The first-order valence-electron chi connectivity index (χ1n) is 4.40. The third kappa shape index (κ3) is 3.12. The molecule has 1 aromatic rings. The summed E-state index contributed by atoms with van der Waals surface area (Å²) in [6.07, 6.45) is -4.69. The SMILES string of the molecule is C=Cc1ccc(C(=O)OC(F)C(F)F)cc1. The molecule has 0 N–H and O–H groups in total. The Balaban J connectivity index is 2.69. The molecule has 0 saturated heterocycles. The predicted octanol–water partition coefficient (Wildman–Crippen LogP) is 3.05. The highest BCUT2D eigenvalue weighted by molar-refractivity contribution is 5.89. The second kappa shape index (κ2) is 5.34. The fourth-order valence-corrected chi connectivity index (χ4v) is 0.977. The minimum atomic E-state index is -3.34. The van der Waals surface area contributed by atoms with Crippen LogP contribution in [-0.2, 0) is 4.74 Å². The van der Waals surface area contributed by atoms with E-state index >= 15 is 0 Å². The highest BCUT2D eigenvalue weighted by atomic mass is 19.3. The average Bonchev–Trinajstić information content (AvgIpc) is 2.28. The van der Waals surface area contributed by atoms with E-state index in [2.05, 4.69) is 11.3 Å². The van der Waals surface area contributed by atoms with Gasteiger partial charge in [0.05, 0.1) is 5.56 Å². The Morgan fingerprint density at radius 2 is 1.81 bits per heavy atom. The molecule has 0 aliphatic heterocycles. The molecule has 1 aromatic carbocycles. The Bertz CT molecular complexity index is 373. The monoisotopic (exact) mass is 230 g/mol. The molecule has 0 saturated carbocycles. The molecule has 0 aliphatic carbocycles. The molecule has 0 heterocycles. The highest BCUT2D eigenvalue weighted by Crippen LogP contribution is 2.12. The van der Waals surface area contributed by atoms with Crippen molar-refractivity contribution in [1.29, 1.82) is 0 Å². The topological polar surface area (TPSA) is 26.3 Å². The highest BCUT2D eigenvalue weighted by Gasteiger charge is 2.24. The number of hydrogen-bond acceptors (Lipinski definition) is 2. The van der Waals surface area contributed by atoms with Crippen molar-refractivity contribution < 1.29 is 22.7 Å². The standard InChI is InChI=1S/C11H9F3O2/c1-2-7-3-5-8(6-4-7)11(15)16-10(14)9(12)13/h2-6,9-10H,1H2. The zero-order chi connectivity index (χ0) is 12.1. The van der Waals surface area contributed by atoms with Gasteiger partial charge < -0.3 is 4.74 Å². The summed E-state index contributed by atoms with van der Waals surface area (Å²) in [4.78, 5) is 11.1. The van der Waals surface area contributed by atoms with Gasteiger partial charge in [0.15, 0.2) is 0 Å².